The van der Waals surface area contributed by atoms with E-state index in [0.717, 1.165) is 24.0 Å². The lowest BCUT2D eigenvalue weighted by molar-refractivity contribution is 0.0836. The minimum atomic E-state index is -0.620. The van der Waals surface area contributed by atoms with Crippen molar-refractivity contribution in [2.45, 2.75) is 64.1 Å². The topological polar surface area (TPSA) is 60.7 Å². The molecule has 0 radical (unpaired) electrons. The molecule has 0 aromatic rings. The molecule has 0 aromatic heterocycles. The first-order valence-corrected chi connectivity index (χ1v) is 9.01. The van der Waals surface area contributed by atoms with E-state index in [-0.39, 0.29) is 5.41 Å². The maximum atomic E-state index is 9.96. The molecule has 0 amide bonds. The number of aliphatic hydroxyl groups excluding tert-OH is 3. The zero-order valence-corrected chi connectivity index (χ0v) is 14.2. The zero-order chi connectivity index (χ0) is 16.6. The Morgan fingerprint density at radius 3 is 2.78 bits per heavy atom. The van der Waals surface area contributed by atoms with Gasteiger partial charge in [-0.05, 0) is 66.9 Å². The summed E-state index contributed by atoms with van der Waals surface area (Å²) in [6, 6.07) is 0. The average Bonchev–Trinajstić information content (AvgIpc) is 2.86. The average molecular weight is 318 g/mol. The van der Waals surface area contributed by atoms with Crippen molar-refractivity contribution in [1.29, 1.82) is 0 Å². The van der Waals surface area contributed by atoms with Gasteiger partial charge in [-0.25, -0.2) is 0 Å². The van der Waals surface area contributed by atoms with Crippen LogP contribution < -0.4 is 0 Å². The van der Waals surface area contributed by atoms with Crippen molar-refractivity contribution >= 4 is 0 Å². The quantitative estimate of drug-likeness (QED) is 0.733. The second-order valence-corrected chi connectivity index (χ2v) is 7.94. The molecule has 3 rings (SSSR count). The van der Waals surface area contributed by atoms with Gasteiger partial charge in [-0.1, -0.05) is 31.2 Å². The first-order valence-electron chi connectivity index (χ1n) is 9.01. The predicted octanol–water partition coefficient (Wildman–Crippen LogP) is 3.12. The Morgan fingerprint density at radius 1 is 1.26 bits per heavy atom. The molecule has 5 atom stereocenters. The van der Waals surface area contributed by atoms with Gasteiger partial charge in [-0.3, -0.25) is 0 Å². The number of hydrogen-bond acceptors (Lipinski definition) is 3. The third kappa shape index (κ3) is 3.07. The fraction of sp³-hybridized carbons (Fsp3) is 0.700. The Balaban J connectivity index is 1.82. The third-order valence-corrected chi connectivity index (χ3v) is 6.65. The Kier molecular flexibility index (Phi) is 4.82. The lowest BCUT2D eigenvalue weighted by Gasteiger charge is -2.41. The molecule has 3 aliphatic rings. The van der Waals surface area contributed by atoms with Crippen LogP contribution in [-0.4, -0.2) is 34.1 Å². The predicted molar refractivity (Wildman–Crippen MR) is 91.8 cm³/mol. The summed E-state index contributed by atoms with van der Waals surface area (Å²) in [5.41, 5.74) is 3.45. The smallest absolute Gasteiger partial charge is 0.0811 e. The van der Waals surface area contributed by atoms with Crippen molar-refractivity contribution in [1.82, 2.24) is 0 Å². The standard InChI is InChI=1S/C20H30O3/c1-13-15(10-17(22)11-19(13)23)6-5-14-4-3-9-20(2)16(12-21)7-8-18(14)20/h5-6,16-19,21-23H,1,3-4,7-12H2,2H3/t16-,17-,18+,19+,20-/m1/s1. The highest BCUT2D eigenvalue weighted by Crippen LogP contribution is 2.57. The molecular formula is C20H30O3. The summed E-state index contributed by atoms with van der Waals surface area (Å²) in [6.45, 7) is 6.64. The van der Waals surface area contributed by atoms with Crippen LogP contribution in [0.15, 0.2) is 35.5 Å². The Bertz CT molecular complexity index is 533. The summed E-state index contributed by atoms with van der Waals surface area (Å²) in [6.07, 6.45) is 9.98. The van der Waals surface area contributed by atoms with Crippen molar-refractivity contribution in [3.05, 3.63) is 35.5 Å². The fourth-order valence-corrected chi connectivity index (χ4v) is 5.11. The summed E-state index contributed by atoms with van der Waals surface area (Å²) in [5, 5.41) is 29.5. The van der Waals surface area contributed by atoms with Crippen LogP contribution >= 0.6 is 0 Å². The largest absolute Gasteiger partial charge is 0.396 e. The number of aliphatic hydroxyl groups is 3. The summed E-state index contributed by atoms with van der Waals surface area (Å²) < 4.78 is 0. The van der Waals surface area contributed by atoms with Crippen molar-refractivity contribution in [2.24, 2.45) is 17.3 Å². The van der Waals surface area contributed by atoms with Gasteiger partial charge >= 0.3 is 0 Å². The van der Waals surface area contributed by atoms with Gasteiger partial charge in [0.15, 0.2) is 0 Å². The normalized spacial score (nSPS) is 44.8. The van der Waals surface area contributed by atoms with Crippen LogP contribution in [0.2, 0.25) is 0 Å². The van der Waals surface area contributed by atoms with Crippen LogP contribution in [0.3, 0.4) is 0 Å². The second-order valence-electron chi connectivity index (χ2n) is 7.94. The van der Waals surface area contributed by atoms with Crippen molar-refractivity contribution in [3.63, 3.8) is 0 Å². The van der Waals surface area contributed by atoms with E-state index in [1.165, 1.54) is 24.8 Å². The van der Waals surface area contributed by atoms with Crippen LogP contribution in [0.5, 0.6) is 0 Å². The first kappa shape index (κ1) is 16.9. The molecular weight excluding hydrogens is 288 g/mol. The van der Waals surface area contributed by atoms with Crippen LogP contribution in [0.25, 0.3) is 0 Å². The van der Waals surface area contributed by atoms with E-state index in [9.17, 15) is 15.3 Å². The Labute approximate surface area is 139 Å². The van der Waals surface area contributed by atoms with Crippen molar-refractivity contribution in [3.8, 4) is 0 Å². The van der Waals surface area contributed by atoms with Crippen LogP contribution in [0, 0.1) is 17.3 Å². The minimum absolute atomic E-state index is 0.236. The minimum Gasteiger partial charge on any atom is -0.396 e. The van der Waals surface area contributed by atoms with Gasteiger partial charge in [0, 0.05) is 13.0 Å². The molecule has 3 N–H and O–H groups in total. The Morgan fingerprint density at radius 2 is 2.04 bits per heavy atom. The van der Waals surface area contributed by atoms with Crippen molar-refractivity contribution < 1.29 is 15.3 Å². The molecule has 23 heavy (non-hydrogen) atoms. The molecule has 0 aromatic carbocycles. The molecule has 3 fully saturated rings. The maximum absolute atomic E-state index is 9.96. The molecule has 3 nitrogen and oxygen atoms in total. The van der Waals surface area contributed by atoms with Crippen LogP contribution in [0.1, 0.15) is 51.9 Å². The summed E-state index contributed by atoms with van der Waals surface area (Å²) in [5.74, 6) is 0.995. The molecule has 0 heterocycles. The summed E-state index contributed by atoms with van der Waals surface area (Å²) in [7, 11) is 0. The van der Waals surface area contributed by atoms with Crippen LogP contribution in [-0.2, 0) is 0 Å². The van der Waals surface area contributed by atoms with E-state index < -0.39 is 12.2 Å². The monoisotopic (exact) mass is 318 g/mol. The molecule has 0 bridgehead atoms. The second kappa shape index (κ2) is 6.54. The van der Waals surface area contributed by atoms with E-state index in [2.05, 4.69) is 25.7 Å². The summed E-state index contributed by atoms with van der Waals surface area (Å²) in [4.78, 5) is 0. The van der Waals surface area contributed by atoms with Gasteiger partial charge in [-0.15, -0.1) is 0 Å². The molecule has 3 aliphatic carbocycles. The highest BCUT2D eigenvalue weighted by Gasteiger charge is 2.48. The molecule has 128 valence electrons. The fourth-order valence-electron chi connectivity index (χ4n) is 5.11. The number of rotatable bonds is 2. The van der Waals surface area contributed by atoms with Gasteiger partial charge < -0.3 is 15.3 Å². The number of hydrogen-bond donors (Lipinski definition) is 3. The van der Waals surface area contributed by atoms with E-state index >= 15 is 0 Å². The maximum Gasteiger partial charge on any atom is 0.0811 e. The van der Waals surface area contributed by atoms with Gasteiger partial charge in [0.2, 0.25) is 0 Å². The van der Waals surface area contributed by atoms with Gasteiger partial charge in [0.25, 0.3) is 0 Å². The van der Waals surface area contributed by atoms with Gasteiger partial charge in [-0.2, -0.15) is 0 Å². The highest BCUT2D eigenvalue weighted by atomic mass is 16.3. The first-order chi connectivity index (χ1) is 11.0. The molecule has 0 unspecified atom stereocenters. The molecule has 3 saturated carbocycles. The van der Waals surface area contributed by atoms with E-state index in [4.69, 9.17) is 0 Å². The SMILES string of the molecule is C=C1C(=CC=C2CCC[C@]3(C)[C@@H](CO)CC[C@@H]23)C[C@@H](O)C[C@@H]1O. The van der Waals surface area contributed by atoms with Crippen LogP contribution in [0.4, 0.5) is 0 Å². The lowest BCUT2D eigenvalue weighted by Crippen LogP contribution is -2.34. The van der Waals surface area contributed by atoms with E-state index in [0.29, 0.717) is 31.3 Å². The molecule has 0 saturated heterocycles. The number of fused-ring (bicyclic) bond motifs is 1. The van der Waals surface area contributed by atoms with Crippen molar-refractivity contribution in [2.75, 3.05) is 6.61 Å². The summed E-state index contributed by atoms with van der Waals surface area (Å²) >= 11 is 0. The van der Waals surface area contributed by atoms with E-state index in [1.807, 2.05) is 0 Å². The van der Waals surface area contributed by atoms with Gasteiger partial charge in [0.1, 0.15) is 0 Å². The number of allylic oxidation sites excluding steroid dienone is 3. The molecule has 0 spiro atoms. The zero-order valence-electron chi connectivity index (χ0n) is 14.2. The Hall–Kier alpha value is -0.900. The van der Waals surface area contributed by atoms with Gasteiger partial charge in [0.05, 0.1) is 12.2 Å². The highest BCUT2D eigenvalue weighted by molar-refractivity contribution is 5.38. The third-order valence-electron chi connectivity index (χ3n) is 6.65. The molecule has 0 aliphatic heterocycles. The lowest BCUT2D eigenvalue weighted by atomic mass is 9.63. The van der Waals surface area contributed by atoms with E-state index in [1.54, 1.807) is 0 Å². The molecule has 3 heteroatoms.